The SMILES string of the molecule is CC(C)(C)OC(=O)N[C@@H]1CCCN(c2nc3cc(C(=O)OCCN4CCOCC4)[nH]c(=O)c3n2Cc2ccccc2Cl)C1. The second kappa shape index (κ2) is 13.4. The quantitative estimate of drug-likeness (QED) is 0.367. The van der Waals surface area contributed by atoms with Crippen molar-refractivity contribution in [1.82, 2.24) is 24.8 Å². The fourth-order valence-corrected chi connectivity index (χ4v) is 5.57. The normalized spacial score (nSPS) is 18.0. The zero-order chi connectivity index (χ0) is 30.6. The van der Waals surface area contributed by atoms with E-state index < -0.39 is 23.2 Å². The lowest BCUT2D eigenvalue weighted by Crippen LogP contribution is -2.49. The van der Waals surface area contributed by atoms with Crippen molar-refractivity contribution in [3.8, 4) is 0 Å². The minimum absolute atomic E-state index is 0.0385. The predicted octanol–water partition coefficient (Wildman–Crippen LogP) is 3.41. The van der Waals surface area contributed by atoms with Crippen LogP contribution < -0.4 is 15.8 Å². The molecule has 0 unspecified atom stereocenters. The number of alkyl carbamates (subject to hydrolysis) is 1. The van der Waals surface area contributed by atoms with Gasteiger partial charge in [-0.05, 0) is 51.3 Å². The Hall–Kier alpha value is -3.61. The van der Waals surface area contributed by atoms with Gasteiger partial charge in [0.25, 0.3) is 5.56 Å². The molecule has 12 nitrogen and oxygen atoms in total. The number of pyridine rings is 1. The topological polar surface area (TPSA) is 131 Å². The van der Waals surface area contributed by atoms with Crippen LogP contribution in [0.2, 0.25) is 5.02 Å². The molecule has 2 saturated heterocycles. The Morgan fingerprint density at radius 1 is 1.19 bits per heavy atom. The Labute approximate surface area is 255 Å². The monoisotopic (exact) mass is 614 g/mol. The number of H-pyrrole nitrogens is 1. The van der Waals surface area contributed by atoms with Crippen molar-refractivity contribution in [2.24, 2.45) is 0 Å². The fourth-order valence-electron chi connectivity index (χ4n) is 5.37. The van der Waals surface area contributed by atoms with Gasteiger partial charge in [0, 0.05) is 43.8 Å². The van der Waals surface area contributed by atoms with Crippen LogP contribution in [-0.4, -0.2) is 95.7 Å². The molecule has 4 heterocycles. The van der Waals surface area contributed by atoms with Crippen LogP contribution in [0.3, 0.4) is 0 Å². The molecule has 3 aromatic rings. The molecular weight excluding hydrogens is 576 g/mol. The smallest absolute Gasteiger partial charge is 0.407 e. The van der Waals surface area contributed by atoms with Crippen molar-refractivity contribution >= 4 is 40.6 Å². The van der Waals surface area contributed by atoms with Gasteiger partial charge in [-0.15, -0.1) is 0 Å². The first-order valence-corrected chi connectivity index (χ1v) is 15.0. The molecule has 232 valence electrons. The number of esters is 1. The number of carbonyl (C=O) groups excluding carboxylic acids is 2. The second-order valence-corrected chi connectivity index (χ2v) is 12.3. The molecule has 0 radical (unpaired) electrons. The van der Waals surface area contributed by atoms with Gasteiger partial charge in [-0.25, -0.2) is 14.6 Å². The molecule has 2 aliphatic rings. The lowest BCUT2D eigenvalue weighted by Gasteiger charge is -2.34. The first-order chi connectivity index (χ1) is 20.6. The summed E-state index contributed by atoms with van der Waals surface area (Å²) >= 11 is 6.51. The summed E-state index contributed by atoms with van der Waals surface area (Å²) in [6.07, 6.45) is 1.10. The number of ether oxygens (including phenoxy) is 3. The van der Waals surface area contributed by atoms with Crippen LogP contribution >= 0.6 is 11.6 Å². The molecule has 1 aromatic carbocycles. The Bertz CT molecular complexity index is 1510. The number of fused-ring (bicyclic) bond motifs is 1. The highest BCUT2D eigenvalue weighted by atomic mass is 35.5. The van der Waals surface area contributed by atoms with Gasteiger partial charge in [0.1, 0.15) is 23.4 Å². The average molecular weight is 615 g/mol. The maximum Gasteiger partial charge on any atom is 0.407 e. The summed E-state index contributed by atoms with van der Waals surface area (Å²) in [5, 5.41) is 3.53. The van der Waals surface area contributed by atoms with E-state index in [4.69, 9.17) is 30.8 Å². The van der Waals surface area contributed by atoms with E-state index >= 15 is 0 Å². The lowest BCUT2D eigenvalue weighted by molar-refractivity contribution is 0.0193. The maximum atomic E-state index is 13.5. The van der Waals surface area contributed by atoms with Crippen LogP contribution in [0.25, 0.3) is 11.0 Å². The molecule has 13 heteroatoms. The Morgan fingerprint density at radius 2 is 1.95 bits per heavy atom. The summed E-state index contributed by atoms with van der Waals surface area (Å²) in [5.74, 6) is -0.0667. The van der Waals surface area contributed by atoms with Crippen LogP contribution in [0, 0.1) is 0 Å². The molecule has 2 fully saturated rings. The number of imidazole rings is 1. The number of morpholine rings is 1. The molecule has 2 aromatic heterocycles. The van der Waals surface area contributed by atoms with E-state index in [-0.39, 0.29) is 18.3 Å². The summed E-state index contributed by atoms with van der Waals surface area (Å²) in [7, 11) is 0. The number of nitrogens with one attached hydrogen (secondary N) is 2. The molecule has 0 bridgehead atoms. The number of aromatic amines is 1. The van der Waals surface area contributed by atoms with Crippen LogP contribution in [0.5, 0.6) is 0 Å². The van der Waals surface area contributed by atoms with Crippen LogP contribution in [-0.2, 0) is 20.8 Å². The summed E-state index contributed by atoms with van der Waals surface area (Å²) in [6.45, 7) is 10.6. The van der Waals surface area contributed by atoms with Gasteiger partial charge < -0.3 is 34.0 Å². The number of piperidine rings is 1. The third-order valence-electron chi connectivity index (χ3n) is 7.39. The molecule has 2 aliphatic heterocycles. The zero-order valence-electron chi connectivity index (χ0n) is 24.9. The van der Waals surface area contributed by atoms with E-state index in [0.29, 0.717) is 61.4 Å². The van der Waals surface area contributed by atoms with Crippen molar-refractivity contribution in [1.29, 1.82) is 0 Å². The zero-order valence-corrected chi connectivity index (χ0v) is 25.6. The van der Waals surface area contributed by atoms with Gasteiger partial charge in [0.15, 0.2) is 0 Å². The molecule has 2 N–H and O–H groups in total. The minimum atomic E-state index is -0.617. The standard InChI is InChI=1S/C30H39ClN6O6/c1-30(2,3)43-29(40)32-21-8-6-10-36(19-21)28-34-23-17-24(27(39)42-16-13-35-11-14-41-15-12-35)33-26(38)25(23)37(28)18-20-7-4-5-9-22(20)31/h4-5,7,9,17,21H,6,8,10-16,18-19H2,1-3H3,(H,32,40)(H,33,38)/t21-/m1/s1. The molecule has 1 amide bonds. The van der Waals surface area contributed by atoms with Gasteiger partial charge in [0.05, 0.1) is 25.3 Å². The molecule has 1 atom stereocenters. The number of nitrogens with zero attached hydrogens (tertiary/aromatic N) is 4. The second-order valence-electron chi connectivity index (χ2n) is 11.9. The minimum Gasteiger partial charge on any atom is -0.460 e. The molecule has 43 heavy (non-hydrogen) atoms. The van der Waals surface area contributed by atoms with E-state index in [9.17, 15) is 14.4 Å². The number of halogens is 1. The third kappa shape index (κ3) is 7.87. The summed E-state index contributed by atoms with van der Waals surface area (Å²) in [4.78, 5) is 50.6. The highest BCUT2D eigenvalue weighted by Gasteiger charge is 2.28. The number of benzene rings is 1. The number of carbonyl (C=O) groups is 2. The number of anilines is 1. The molecule has 0 aliphatic carbocycles. The highest BCUT2D eigenvalue weighted by molar-refractivity contribution is 6.31. The Kier molecular flexibility index (Phi) is 9.58. The van der Waals surface area contributed by atoms with E-state index in [1.165, 1.54) is 0 Å². The van der Waals surface area contributed by atoms with Gasteiger partial charge in [-0.3, -0.25) is 9.69 Å². The van der Waals surface area contributed by atoms with Gasteiger partial charge in [-0.1, -0.05) is 29.8 Å². The molecule has 0 saturated carbocycles. The number of rotatable bonds is 8. The Morgan fingerprint density at radius 3 is 2.70 bits per heavy atom. The van der Waals surface area contributed by atoms with Crippen LogP contribution in [0.4, 0.5) is 10.7 Å². The lowest BCUT2D eigenvalue weighted by atomic mass is 10.1. The summed E-state index contributed by atoms with van der Waals surface area (Å²) < 4.78 is 18.1. The summed E-state index contributed by atoms with van der Waals surface area (Å²) in [6, 6.07) is 8.81. The number of hydrogen-bond donors (Lipinski definition) is 2. The number of amides is 1. The van der Waals surface area contributed by atoms with Crippen molar-refractivity contribution < 1.29 is 23.8 Å². The first-order valence-electron chi connectivity index (χ1n) is 14.7. The first kappa shape index (κ1) is 30.8. The van der Waals surface area contributed by atoms with Crippen molar-refractivity contribution in [3.63, 3.8) is 0 Å². The fraction of sp³-hybridized carbons (Fsp3) is 0.533. The summed E-state index contributed by atoms with van der Waals surface area (Å²) in [5.41, 5.74) is 0.482. The van der Waals surface area contributed by atoms with Crippen LogP contribution in [0.15, 0.2) is 35.1 Å². The van der Waals surface area contributed by atoms with Crippen molar-refractivity contribution in [2.75, 3.05) is 57.4 Å². The van der Waals surface area contributed by atoms with Crippen molar-refractivity contribution in [3.05, 3.63) is 57.0 Å². The van der Waals surface area contributed by atoms with Gasteiger partial charge in [-0.2, -0.15) is 0 Å². The highest BCUT2D eigenvalue weighted by Crippen LogP contribution is 2.27. The van der Waals surface area contributed by atoms with E-state index in [1.54, 1.807) is 12.1 Å². The van der Waals surface area contributed by atoms with E-state index in [1.807, 2.05) is 48.4 Å². The van der Waals surface area contributed by atoms with Gasteiger partial charge in [0.2, 0.25) is 5.95 Å². The van der Waals surface area contributed by atoms with Gasteiger partial charge >= 0.3 is 12.1 Å². The molecule has 0 spiro atoms. The predicted molar refractivity (Wildman–Crippen MR) is 163 cm³/mol. The number of aromatic nitrogens is 3. The Balaban J connectivity index is 1.41. The molecule has 5 rings (SSSR count). The molecular formula is C30H39ClN6O6. The van der Waals surface area contributed by atoms with E-state index in [2.05, 4.69) is 15.2 Å². The average Bonchev–Trinajstić information content (AvgIpc) is 3.32. The number of hydrogen-bond acceptors (Lipinski definition) is 9. The van der Waals surface area contributed by atoms with Crippen molar-refractivity contribution in [2.45, 2.75) is 51.8 Å². The third-order valence-corrected chi connectivity index (χ3v) is 7.76. The van der Waals surface area contributed by atoms with Crippen LogP contribution in [0.1, 0.15) is 49.7 Å². The van der Waals surface area contributed by atoms with E-state index in [0.717, 1.165) is 31.5 Å². The maximum absolute atomic E-state index is 13.5. The largest absolute Gasteiger partial charge is 0.460 e.